The molecule has 0 bridgehead atoms. The van der Waals surface area contributed by atoms with E-state index in [-0.39, 0.29) is 5.91 Å². The molecule has 1 aromatic carbocycles. The van der Waals surface area contributed by atoms with Gasteiger partial charge in [0.15, 0.2) is 0 Å². The molecular weight excluding hydrogens is 342 g/mol. The largest absolute Gasteiger partial charge is 0.497 e. The van der Waals surface area contributed by atoms with Gasteiger partial charge < -0.3 is 15.4 Å². The smallest absolute Gasteiger partial charge is 0.245 e. The van der Waals surface area contributed by atoms with Gasteiger partial charge in [0.2, 0.25) is 5.91 Å². The molecule has 0 atom stereocenters. The number of anilines is 1. The Bertz CT molecular complexity index is 764. The Labute approximate surface area is 159 Å². The molecule has 4 rings (SSSR count). The van der Waals surface area contributed by atoms with Crippen molar-refractivity contribution < 1.29 is 9.53 Å². The molecule has 1 aromatic heterocycles. The number of aromatic amines is 1. The number of H-pyrrole nitrogens is 1. The van der Waals surface area contributed by atoms with Crippen molar-refractivity contribution in [3.05, 3.63) is 42.2 Å². The van der Waals surface area contributed by atoms with Crippen LogP contribution in [-0.4, -0.2) is 52.8 Å². The Hall–Kier alpha value is -2.54. The molecule has 3 N–H and O–H groups in total. The molecule has 7 nitrogen and oxygen atoms in total. The number of ether oxygens (including phenoxy) is 1. The van der Waals surface area contributed by atoms with Crippen molar-refractivity contribution in [2.24, 2.45) is 0 Å². The lowest BCUT2D eigenvalue weighted by Gasteiger charge is -2.41. The van der Waals surface area contributed by atoms with E-state index in [1.807, 2.05) is 36.7 Å². The molecule has 144 valence electrons. The van der Waals surface area contributed by atoms with Crippen molar-refractivity contribution in [1.29, 1.82) is 0 Å². The highest BCUT2D eigenvalue weighted by atomic mass is 16.5. The van der Waals surface area contributed by atoms with Gasteiger partial charge in [-0.15, -0.1) is 0 Å². The van der Waals surface area contributed by atoms with E-state index in [0.717, 1.165) is 56.8 Å². The number of likely N-dealkylation sites (tertiary alicyclic amines) is 1. The average molecular weight is 369 g/mol. The minimum Gasteiger partial charge on any atom is -0.497 e. The zero-order valence-electron chi connectivity index (χ0n) is 15.7. The van der Waals surface area contributed by atoms with Crippen LogP contribution < -0.4 is 15.4 Å². The highest BCUT2D eigenvalue weighted by Crippen LogP contribution is 2.31. The van der Waals surface area contributed by atoms with Crippen LogP contribution in [-0.2, 0) is 11.3 Å². The molecule has 0 spiro atoms. The fourth-order valence-corrected chi connectivity index (χ4v) is 3.65. The zero-order valence-corrected chi connectivity index (χ0v) is 15.7. The van der Waals surface area contributed by atoms with Crippen molar-refractivity contribution in [2.75, 3.05) is 25.5 Å². The average Bonchev–Trinajstić information content (AvgIpc) is 3.36. The molecule has 2 heterocycles. The van der Waals surface area contributed by atoms with Gasteiger partial charge in [0.25, 0.3) is 0 Å². The molecule has 0 unspecified atom stereocenters. The van der Waals surface area contributed by atoms with E-state index < -0.39 is 5.54 Å². The Morgan fingerprint density at radius 1 is 1.37 bits per heavy atom. The molecule has 1 aliphatic carbocycles. The van der Waals surface area contributed by atoms with Gasteiger partial charge in [-0.3, -0.25) is 14.8 Å². The van der Waals surface area contributed by atoms with Crippen LogP contribution in [0.25, 0.3) is 0 Å². The highest BCUT2D eigenvalue weighted by molar-refractivity contribution is 5.90. The number of nitrogens with zero attached hydrogens (tertiary/aromatic N) is 2. The molecule has 0 radical (unpaired) electrons. The first-order chi connectivity index (χ1) is 13.2. The summed E-state index contributed by atoms with van der Waals surface area (Å²) >= 11 is 0. The zero-order chi connectivity index (χ0) is 18.7. The van der Waals surface area contributed by atoms with E-state index in [1.165, 1.54) is 5.56 Å². The normalized spacial score (nSPS) is 19.4. The number of methoxy groups -OCH3 is 1. The number of hydrogen-bond donors (Lipinski definition) is 3. The third kappa shape index (κ3) is 4.24. The predicted molar refractivity (Wildman–Crippen MR) is 104 cm³/mol. The second kappa shape index (κ2) is 7.60. The summed E-state index contributed by atoms with van der Waals surface area (Å²) in [6.07, 6.45) is 7.49. The van der Waals surface area contributed by atoms with Crippen LogP contribution in [0, 0.1) is 0 Å². The van der Waals surface area contributed by atoms with Crippen LogP contribution in [0.5, 0.6) is 5.75 Å². The van der Waals surface area contributed by atoms with Crippen molar-refractivity contribution in [3.8, 4) is 5.75 Å². The molecular formula is C20H27N5O2. The van der Waals surface area contributed by atoms with Crippen LogP contribution in [0.3, 0.4) is 0 Å². The van der Waals surface area contributed by atoms with E-state index in [0.29, 0.717) is 6.04 Å². The van der Waals surface area contributed by atoms with Gasteiger partial charge in [0, 0.05) is 49.2 Å². The van der Waals surface area contributed by atoms with Gasteiger partial charge in [-0.25, -0.2) is 0 Å². The summed E-state index contributed by atoms with van der Waals surface area (Å²) in [4.78, 5) is 15.5. The third-order valence-electron chi connectivity index (χ3n) is 5.47. The fraction of sp³-hybridized carbons (Fsp3) is 0.500. The van der Waals surface area contributed by atoms with Crippen LogP contribution in [0.15, 0.2) is 36.7 Å². The number of carbonyl (C=O) groups excluding carboxylic acids is 1. The summed E-state index contributed by atoms with van der Waals surface area (Å²) in [5, 5.41) is 13.6. The van der Waals surface area contributed by atoms with E-state index in [4.69, 9.17) is 4.74 Å². The predicted octanol–water partition coefficient (Wildman–Crippen LogP) is 2.14. The van der Waals surface area contributed by atoms with Crippen LogP contribution in [0.1, 0.15) is 31.2 Å². The first kappa shape index (κ1) is 17.9. The Kier molecular flexibility index (Phi) is 5.03. The molecule has 2 aliphatic rings. The van der Waals surface area contributed by atoms with Crippen LogP contribution in [0.2, 0.25) is 0 Å². The molecule has 1 saturated carbocycles. The first-order valence-electron chi connectivity index (χ1n) is 9.60. The Morgan fingerprint density at radius 2 is 2.19 bits per heavy atom. The van der Waals surface area contributed by atoms with Crippen LogP contribution in [0.4, 0.5) is 5.69 Å². The third-order valence-corrected chi connectivity index (χ3v) is 5.47. The number of benzene rings is 1. The SMILES string of the molecule is COc1cccc(NC2(C(=O)NC3CC3)CCN(Cc3cn[nH]c3)CC2)c1. The van der Waals surface area contributed by atoms with E-state index in [2.05, 4.69) is 25.7 Å². The fourth-order valence-electron chi connectivity index (χ4n) is 3.65. The molecule has 2 fully saturated rings. The summed E-state index contributed by atoms with van der Waals surface area (Å²) in [6, 6.07) is 8.15. The number of carbonyl (C=O) groups is 1. The van der Waals surface area contributed by atoms with Crippen LogP contribution >= 0.6 is 0 Å². The number of amides is 1. The minimum atomic E-state index is -0.581. The Morgan fingerprint density at radius 3 is 2.85 bits per heavy atom. The lowest BCUT2D eigenvalue weighted by Crippen LogP contribution is -2.58. The molecule has 1 amide bonds. The van der Waals surface area contributed by atoms with Crippen molar-refractivity contribution in [1.82, 2.24) is 20.4 Å². The number of aromatic nitrogens is 2. The minimum absolute atomic E-state index is 0.121. The molecule has 27 heavy (non-hydrogen) atoms. The number of hydrogen-bond acceptors (Lipinski definition) is 5. The van der Waals surface area contributed by atoms with E-state index >= 15 is 0 Å². The van der Waals surface area contributed by atoms with Crippen molar-refractivity contribution in [2.45, 2.75) is 43.8 Å². The summed E-state index contributed by atoms with van der Waals surface area (Å²) in [6.45, 7) is 2.58. The maximum Gasteiger partial charge on any atom is 0.245 e. The van der Waals surface area contributed by atoms with E-state index in [1.54, 1.807) is 7.11 Å². The monoisotopic (exact) mass is 369 g/mol. The molecule has 7 heteroatoms. The topological polar surface area (TPSA) is 82.3 Å². The van der Waals surface area contributed by atoms with Crippen molar-refractivity contribution >= 4 is 11.6 Å². The maximum absolute atomic E-state index is 13.1. The quantitative estimate of drug-likeness (QED) is 0.697. The van der Waals surface area contributed by atoms with Gasteiger partial charge in [0.1, 0.15) is 11.3 Å². The number of rotatable bonds is 7. The lowest BCUT2D eigenvalue weighted by molar-refractivity contribution is -0.127. The summed E-state index contributed by atoms with van der Waals surface area (Å²) < 4.78 is 5.33. The first-order valence-corrected chi connectivity index (χ1v) is 9.60. The van der Waals surface area contributed by atoms with Gasteiger partial charge in [-0.1, -0.05) is 6.07 Å². The number of nitrogens with one attached hydrogen (secondary N) is 3. The molecule has 2 aromatic rings. The summed E-state index contributed by atoms with van der Waals surface area (Å²) in [5.74, 6) is 0.908. The van der Waals surface area contributed by atoms with Gasteiger partial charge in [-0.05, 0) is 37.8 Å². The Balaban J connectivity index is 1.47. The van der Waals surface area contributed by atoms with Gasteiger partial charge in [0.05, 0.1) is 13.3 Å². The highest BCUT2D eigenvalue weighted by Gasteiger charge is 2.43. The molecule has 1 saturated heterocycles. The van der Waals surface area contributed by atoms with Crippen molar-refractivity contribution in [3.63, 3.8) is 0 Å². The second-order valence-corrected chi connectivity index (χ2v) is 7.57. The number of piperidine rings is 1. The summed E-state index contributed by atoms with van der Waals surface area (Å²) in [7, 11) is 1.66. The maximum atomic E-state index is 13.1. The molecule has 1 aliphatic heterocycles. The van der Waals surface area contributed by atoms with Gasteiger partial charge in [-0.2, -0.15) is 5.10 Å². The van der Waals surface area contributed by atoms with Gasteiger partial charge >= 0.3 is 0 Å². The standard InChI is InChI=1S/C20H27N5O2/c1-27-18-4-2-3-17(11-18)24-20(19(26)23-16-5-6-16)7-9-25(10-8-20)14-15-12-21-22-13-15/h2-4,11-13,16,24H,5-10,14H2,1H3,(H,21,22)(H,23,26). The lowest BCUT2D eigenvalue weighted by atomic mass is 9.85. The summed E-state index contributed by atoms with van der Waals surface area (Å²) in [5.41, 5.74) is 1.51. The second-order valence-electron chi connectivity index (χ2n) is 7.57. The van der Waals surface area contributed by atoms with E-state index in [9.17, 15) is 4.79 Å².